The number of nitrogen functional groups attached to an aromatic ring is 1. The number of aryl methyl sites for hydroxylation is 1. The van der Waals surface area contributed by atoms with Gasteiger partial charge in [0, 0.05) is 10.0 Å². The van der Waals surface area contributed by atoms with Gasteiger partial charge in [0.15, 0.2) is 5.82 Å². The van der Waals surface area contributed by atoms with Crippen molar-refractivity contribution in [2.45, 2.75) is 19.8 Å². The summed E-state index contributed by atoms with van der Waals surface area (Å²) in [7, 11) is 0. The molecule has 2 rings (SSSR count). The largest absolute Gasteiger partial charge is 0.383 e. The Morgan fingerprint density at radius 3 is 2.39 bits per heavy atom. The van der Waals surface area contributed by atoms with Crippen LogP contribution in [0.2, 0.25) is 0 Å². The molecule has 18 heavy (non-hydrogen) atoms. The van der Waals surface area contributed by atoms with Crippen molar-refractivity contribution in [3.05, 3.63) is 38.9 Å². The summed E-state index contributed by atoms with van der Waals surface area (Å²) in [6.45, 7) is 2.12. The van der Waals surface area contributed by atoms with Gasteiger partial charge in [-0.2, -0.15) is 0 Å². The van der Waals surface area contributed by atoms with Crippen LogP contribution in [-0.2, 0) is 6.42 Å². The van der Waals surface area contributed by atoms with E-state index >= 15 is 0 Å². The first-order valence-corrected chi connectivity index (χ1v) is 7.28. The number of nitrogens with two attached hydrogens (primary N) is 1. The molecule has 5 heteroatoms. The summed E-state index contributed by atoms with van der Waals surface area (Å²) in [5, 5.41) is 0. The molecule has 0 saturated heterocycles. The first kappa shape index (κ1) is 13.5. The maximum atomic E-state index is 5.91. The van der Waals surface area contributed by atoms with E-state index in [0.717, 1.165) is 33.0 Å². The van der Waals surface area contributed by atoms with Crippen LogP contribution >= 0.6 is 31.9 Å². The molecule has 3 nitrogen and oxygen atoms in total. The maximum absolute atomic E-state index is 5.91. The number of halogens is 2. The minimum atomic E-state index is 0.492. The molecule has 94 valence electrons. The van der Waals surface area contributed by atoms with Crippen molar-refractivity contribution in [3.8, 4) is 11.4 Å². The quantitative estimate of drug-likeness (QED) is 0.880. The molecular formula is C13H13Br2N3. The highest BCUT2D eigenvalue weighted by molar-refractivity contribution is 9.10. The summed E-state index contributed by atoms with van der Waals surface area (Å²) in [6.07, 6.45) is 1.91. The van der Waals surface area contributed by atoms with Crippen molar-refractivity contribution in [1.82, 2.24) is 9.97 Å². The van der Waals surface area contributed by atoms with E-state index in [-0.39, 0.29) is 0 Å². The van der Waals surface area contributed by atoms with Gasteiger partial charge in [-0.25, -0.2) is 9.97 Å². The van der Waals surface area contributed by atoms with Gasteiger partial charge in [0.25, 0.3) is 0 Å². The summed E-state index contributed by atoms with van der Waals surface area (Å²) in [6, 6.07) is 7.89. The Hall–Kier alpha value is -0.940. The van der Waals surface area contributed by atoms with Gasteiger partial charge in [-0.15, -0.1) is 0 Å². The number of anilines is 1. The minimum absolute atomic E-state index is 0.492. The summed E-state index contributed by atoms with van der Waals surface area (Å²) in [5.74, 6) is 1.16. The second-order valence-electron chi connectivity index (χ2n) is 3.95. The topological polar surface area (TPSA) is 51.8 Å². The van der Waals surface area contributed by atoms with Crippen LogP contribution < -0.4 is 5.73 Å². The number of hydrogen-bond donors (Lipinski definition) is 1. The van der Waals surface area contributed by atoms with Crippen molar-refractivity contribution in [2.75, 3.05) is 5.73 Å². The van der Waals surface area contributed by atoms with Gasteiger partial charge in [0.05, 0.1) is 10.2 Å². The van der Waals surface area contributed by atoms with Crippen molar-refractivity contribution < 1.29 is 0 Å². The number of benzene rings is 1. The van der Waals surface area contributed by atoms with Crippen LogP contribution in [0, 0.1) is 0 Å². The van der Waals surface area contributed by atoms with Gasteiger partial charge in [-0.05, 0) is 34.5 Å². The van der Waals surface area contributed by atoms with E-state index in [1.54, 1.807) is 0 Å². The lowest BCUT2D eigenvalue weighted by molar-refractivity contribution is 0.870. The molecule has 0 bridgehead atoms. The third kappa shape index (κ3) is 2.90. The van der Waals surface area contributed by atoms with Crippen LogP contribution in [0.25, 0.3) is 11.4 Å². The van der Waals surface area contributed by atoms with Crippen molar-refractivity contribution in [2.24, 2.45) is 0 Å². The van der Waals surface area contributed by atoms with Gasteiger partial charge in [-0.3, -0.25) is 0 Å². The first-order valence-electron chi connectivity index (χ1n) is 5.69. The van der Waals surface area contributed by atoms with E-state index in [1.807, 2.05) is 24.3 Å². The zero-order chi connectivity index (χ0) is 13.1. The fourth-order valence-electron chi connectivity index (χ4n) is 1.64. The minimum Gasteiger partial charge on any atom is -0.383 e. The van der Waals surface area contributed by atoms with Crippen LogP contribution in [0.4, 0.5) is 5.82 Å². The van der Waals surface area contributed by atoms with E-state index in [1.165, 1.54) is 0 Å². The molecule has 0 saturated carbocycles. The lowest BCUT2D eigenvalue weighted by Crippen LogP contribution is -2.02. The number of hydrogen-bond acceptors (Lipinski definition) is 3. The molecule has 1 heterocycles. The predicted molar refractivity (Wildman–Crippen MR) is 81.3 cm³/mol. The molecule has 0 spiro atoms. The Morgan fingerprint density at radius 2 is 1.78 bits per heavy atom. The zero-order valence-electron chi connectivity index (χ0n) is 9.95. The zero-order valence-corrected chi connectivity index (χ0v) is 13.1. The van der Waals surface area contributed by atoms with E-state index in [9.17, 15) is 0 Å². The standard InChI is InChI=1S/C13H13Br2N3/c1-2-3-10-11(15)12(16)18-13(17-10)8-4-6-9(14)7-5-8/h4-7H,2-3H2,1H3,(H2,16,17,18). The molecule has 1 aromatic heterocycles. The fourth-order valence-corrected chi connectivity index (χ4v) is 2.28. The van der Waals surface area contributed by atoms with E-state index in [4.69, 9.17) is 5.73 Å². The van der Waals surface area contributed by atoms with Crippen LogP contribution in [0.5, 0.6) is 0 Å². The summed E-state index contributed by atoms with van der Waals surface area (Å²) >= 11 is 6.85. The SMILES string of the molecule is CCCc1nc(-c2ccc(Br)cc2)nc(N)c1Br. The lowest BCUT2D eigenvalue weighted by atomic mass is 10.2. The Labute approximate surface area is 123 Å². The highest BCUT2D eigenvalue weighted by atomic mass is 79.9. The molecule has 0 amide bonds. The molecule has 2 aromatic rings. The van der Waals surface area contributed by atoms with Crippen LogP contribution in [0.3, 0.4) is 0 Å². The molecule has 0 aliphatic rings. The van der Waals surface area contributed by atoms with Crippen molar-refractivity contribution >= 4 is 37.7 Å². The first-order chi connectivity index (χ1) is 8.61. The van der Waals surface area contributed by atoms with Crippen molar-refractivity contribution in [3.63, 3.8) is 0 Å². The second kappa shape index (κ2) is 5.80. The average Bonchev–Trinajstić information content (AvgIpc) is 2.36. The Balaban J connectivity index is 2.48. The van der Waals surface area contributed by atoms with Crippen LogP contribution in [-0.4, -0.2) is 9.97 Å². The predicted octanol–water partition coefficient (Wildman–Crippen LogP) is 4.20. The van der Waals surface area contributed by atoms with Gasteiger partial charge >= 0.3 is 0 Å². The van der Waals surface area contributed by atoms with Gasteiger partial charge in [0.1, 0.15) is 5.82 Å². The second-order valence-corrected chi connectivity index (χ2v) is 5.66. The number of nitrogens with zero attached hydrogens (tertiary/aromatic N) is 2. The normalized spacial score (nSPS) is 10.6. The molecule has 2 N–H and O–H groups in total. The van der Waals surface area contributed by atoms with Crippen molar-refractivity contribution in [1.29, 1.82) is 0 Å². The smallest absolute Gasteiger partial charge is 0.161 e. The third-order valence-corrected chi connectivity index (χ3v) is 3.93. The molecule has 0 aliphatic heterocycles. The lowest BCUT2D eigenvalue weighted by Gasteiger charge is -2.08. The van der Waals surface area contributed by atoms with Crippen LogP contribution in [0.1, 0.15) is 19.0 Å². The van der Waals surface area contributed by atoms with Gasteiger partial charge in [-0.1, -0.05) is 41.4 Å². The van der Waals surface area contributed by atoms with E-state index in [0.29, 0.717) is 11.6 Å². The van der Waals surface area contributed by atoms with E-state index < -0.39 is 0 Å². The van der Waals surface area contributed by atoms with Crippen LogP contribution in [0.15, 0.2) is 33.2 Å². The Morgan fingerprint density at radius 1 is 1.11 bits per heavy atom. The maximum Gasteiger partial charge on any atom is 0.161 e. The molecule has 0 fully saturated rings. The summed E-state index contributed by atoms with van der Waals surface area (Å²) < 4.78 is 1.84. The highest BCUT2D eigenvalue weighted by Crippen LogP contribution is 2.26. The molecule has 1 aromatic carbocycles. The van der Waals surface area contributed by atoms with Gasteiger partial charge in [0.2, 0.25) is 0 Å². The number of rotatable bonds is 3. The molecule has 0 radical (unpaired) electrons. The fraction of sp³-hybridized carbons (Fsp3) is 0.231. The summed E-state index contributed by atoms with van der Waals surface area (Å²) in [4.78, 5) is 8.89. The van der Waals surface area contributed by atoms with E-state index in [2.05, 4.69) is 48.8 Å². The molecule has 0 unspecified atom stereocenters. The molecule has 0 atom stereocenters. The molecule has 0 aliphatic carbocycles. The molecular weight excluding hydrogens is 358 g/mol. The summed E-state index contributed by atoms with van der Waals surface area (Å²) in [5.41, 5.74) is 7.84. The number of aromatic nitrogens is 2. The highest BCUT2D eigenvalue weighted by Gasteiger charge is 2.10. The monoisotopic (exact) mass is 369 g/mol. The average molecular weight is 371 g/mol. The Kier molecular flexibility index (Phi) is 4.35. The Bertz CT molecular complexity index is 553. The third-order valence-electron chi connectivity index (χ3n) is 2.53. The van der Waals surface area contributed by atoms with Gasteiger partial charge < -0.3 is 5.73 Å².